The van der Waals surface area contributed by atoms with Gasteiger partial charge in [-0.2, -0.15) is 0 Å². The Labute approximate surface area is 168 Å². The minimum absolute atomic E-state index is 0.341. The number of fused-ring (bicyclic) bond motifs is 1. The van der Waals surface area contributed by atoms with Crippen LogP contribution in [0.4, 0.5) is 11.4 Å². The molecule has 4 rings (SSSR count). The highest BCUT2D eigenvalue weighted by Crippen LogP contribution is 2.30. The third kappa shape index (κ3) is 4.29. The number of carbonyl (C=O) groups is 2. The average Bonchev–Trinajstić information content (AvgIpc) is 3.16. The van der Waals surface area contributed by atoms with Crippen LogP contribution < -0.4 is 16.0 Å². The number of carbonyl (C=O) groups excluding carboxylic acids is 2. The molecule has 0 spiro atoms. The Balaban J connectivity index is 1.55. The minimum Gasteiger partial charge on any atom is -0.437 e. The number of nitrogens with two attached hydrogens (primary N) is 1. The predicted molar refractivity (Wildman–Crippen MR) is 113 cm³/mol. The summed E-state index contributed by atoms with van der Waals surface area (Å²) in [4.78, 5) is 30.6. The third-order valence-electron chi connectivity index (χ3n) is 4.92. The van der Waals surface area contributed by atoms with E-state index in [9.17, 15) is 9.59 Å². The van der Waals surface area contributed by atoms with Crippen molar-refractivity contribution in [3.63, 3.8) is 0 Å². The zero-order chi connectivity index (χ0) is 20.2. The zero-order valence-corrected chi connectivity index (χ0v) is 15.9. The fourth-order valence-corrected chi connectivity index (χ4v) is 3.48. The molecule has 0 unspecified atom stereocenters. The van der Waals surface area contributed by atoms with Crippen molar-refractivity contribution in [2.24, 2.45) is 5.73 Å². The Morgan fingerprint density at radius 2 is 1.90 bits per heavy atom. The first kappa shape index (κ1) is 18.7. The molecule has 1 aliphatic heterocycles. The van der Waals surface area contributed by atoms with Gasteiger partial charge in [-0.3, -0.25) is 9.59 Å². The summed E-state index contributed by atoms with van der Waals surface area (Å²) in [7, 11) is 0. The molecule has 2 heterocycles. The van der Waals surface area contributed by atoms with Gasteiger partial charge in [0.15, 0.2) is 5.58 Å². The molecule has 7 heteroatoms. The molecule has 3 aromatic rings. The third-order valence-corrected chi connectivity index (χ3v) is 4.92. The number of rotatable bonds is 5. The van der Waals surface area contributed by atoms with E-state index in [2.05, 4.69) is 15.2 Å². The first-order valence-corrected chi connectivity index (χ1v) is 9.63. The highest BCUT2D eigenvalue weighted by Gasteiger charge is 2.17. The molecule has 1 aliphatic rings. The van der Waals surface area contributed by atoms with Crippen LogP contribution in [-0.2, 0) is 4.79 Å². The second kappa shape index (κ2) is 8.18. The van der Waals surface area contributed by atoms with E-state index in [0.717, 1.165) is 37.1 Å². The van der Waals surface area contributed by atoms with Gasteiger partial charge in [0.25, 0.3) is 0 Å². The maximum atomic E-state index is 12.5. The van der Waals surface area contributed by atoms with Crippen molar-refractivity contribution >= 4 is 40.4 Å². The Morgan fingerprint density at radius 3 is 2.66 bits per heavy atom. The fourth-order valence-electron chi connectivity index (χ4n) is 3.48. The summed E-state index contributed by atoms with van der Waals surface area (Å²) in [6, 6.07) is 12.6. The van der Waals surface area contributed by atoms with Crippen molar-refractivity contribution in [3.05, 3.63) is 60.0 Å². The quantitative estimate of drug-likeness (QED) is 0.649. The maximum Gasteiger partial charge on any atom is 0.248 e. The molecule has 7 nitrogen and oxygen atoms in total. The van der Waals surface area contributed by atoms with Crippen LogP contribution in [0.15, 0.2) is 53.0 Å². The van der Waals surface area contributed by atoms with Gasteiger partial charge in [-0.25, -0.2) is 4.98 Å². The van der Waals surface area contributed by atoms with Gasteiger partial charge in [0.05, 0.1) is 11.4 Å². The van der Waals surface area contributed by atoms with Crippen LogP contribution in [0, 0.1) is 0 Å². The van der Waals surface area contributed by atoms with Crippen molar-refractivity contribution in [1.29, 1.82) is 0 Å². The molecule has 29 heavy (non-hydrogen) atoms. The van der Waals surface area contributed by atoms with Crippen LogP contribution in [-0.4, -0.2) is 29.9 Å². The monoisotopic (exact) mass is 390 g/mol. The molecule has 1 fully saturated rings. The number of amides is 2. The number of anilines is 2. The van der Waals surface area contributed by atoms with Crippen molar-refractivity contribution in [1.82, 2.24) is 4.98 Å². The number of nitrogens with zero attached hydrogens (tertiary/aromatic N) is 2. The number of nitrogens with one attached hydrogen (secondary N) is 1. The number of hydrogen-bond acceptors (Lipinski definition) is 5. The van der Waals surface area contributed by atoms with Crippen molar-refractivity contribution < 1.29 is 14.0 Å². The number of benzene rings is 2. The molecule has 3 N–H and O–H groups in total. The number of piperidine rings is 1. The van der Waals surface area contributed by atoms with Crippen LogP contribution in [0.25, 0.3) is 17.2 Å². The second-order valence-electron chi connectivity index (χ2n) is 6.99. The Morgan fingerprint density at radius 1 is 1.10 bits per heavy atom. The molecule has 0 atom stereocenters. The van der Waals surface area contributed by atoms with Crippen LogP contribution in [0.5, 0.6) is 0 Å². The summed E-state index contributed by atoms with van der Waals surface area (Å²) in [6.07, 6.45) is 6.28. The molecular formula is C22H22N4O3. The summed E-state index contributed by atoms with van der Waals surface area (Å²) < 4.78 is 5.59. The number of para-hydroxylation sites is 2. The first-order chi connectivity index (χ1) is 14.1. The van der Waals surface area contributed by atoms with Gasteiger partial charge in [-0.1, -0.05) is 12.1 Å². The van der Waals surface area contributed by atoms with Crippen LogP contribution >= 0.6 is 0 Å². The van der Waals surface area contributed by atoms with E-state index in [-0.39, 0.29) is 5.91 Å². The first-order valence-electron chi connectivity index (χ1n) is 9.63. The summed E-state index contributed by atoms with van der Waals surface area (Å²) in [5, 5.41) is 2.86. The molecule has 2 amide bonds. The molecule has 2 aromatic carbocycles. The minimum atomic E-state index is -0.535. The number of hydrogen-bond donors (Lipinski definition) is 2. The van der Waals surface area contributed by atoms with Crippen molar-refractivity contribution in [2.75, 3.05) is 23.3 Å². The lowest BCUT2D eigenvalue weighted by Gasteiger charge is -2.30. The lowest BCUT2D eigenvalue weighted by molar-refractivity contribution is -0.111. The van der Waals surface area contributed by atoms with Gasteiger partial charge in [0.1, 0.15) is 5.52 Å². The van der Waals surface area contributed by atoms with E-state index in [1.165, 1.54) is 18.6 Å². The standard InChI is InChI=1S/C22H22N4O3/c23-22(28)15-8-9-18(26-12-4-1-5-13-26)17(14-15)24-20(27)10-11-21-25-16-6-2-3-7-19(16)29-21/h2-3,6-11,14H,1,4-5,12-13H2,(H2,23,28)(H,24,27)/b11-10+. The van der Waals surface area contributed by atoms with Gasteiger partial charge in [-0.05, 0) is 49.6 Å². The van der Waals surface area contributed by atoms with E-state index in [4.69, 9.17) is 10.2 Å². The van der Waals surface area contributed by atoms with Crippen molar-refractivity contribution in [2.45, 2.75) is 19.3 Å². The summed E-state index contributed by atoms with van der Waals surface area (Å²) in [5.74, 6) is -0.525. The molecule has 1 aromatic heterocycles. The van der Waals surface area contributed by atoms with E-state index in [0.29, 0.717) is 22.7 Å². The lowest BCUT2D eigenvalue weighted by atomic mass is 10.1. The highest BCUT2D eigenvalue weighted by molar-refractivity contribution is 6.05. The largest absolute Gasteiger partial charge is 0.437 e. The highest BCUT2D eigenvalue weighted by atomic mass is 16.3. The van der Waals surface area contributed by atoms with Crippen LogP contribution in [0.1, 0.15) is 35.5 Å². The molecule has 0 bridgehead atoms. The summed E-state index contributed by atoms with van der Waals surface area (Å²) >= 11 is 0. The maximum absolute atomic E-state index is 12.5. The van der Waals surface area contributed by atoms with Gasteiger partial charge in [0.2, 0.25) is 17.7 Å². The topological polar surface area (TPSA) is 101 Å². The Kier molecular flexibility index (Phi) is 5.29. The van der Waals surface area contributed by atoms with Gasteiger partial charge < -0.3 is 20.4 Å². The summed E-state index contributed by atoms with van der Waals surface area (Å²) in [6.45, 7) is 1.83. The van der Waals surface area contributed by atoms with Gasteiger partial charge >= 0.3 is 0 Å². The van der Waals surface area contributed by atoms with E-state index in [1.807, 2.05) is 30.3 Å². The number of aromatic nitrogens is 1. The predicted octanol–water partition coefficient (Wildman–Crippen LogP) is 3.57. The Hall–Kier alpha value is -3.61. The molecular weight excluding hydrogens is 368 g/mol. The summed E-state index contributed by atoms with van der Waals surface area (Å²) in [5.41, 5.74) is 8.61. The smallest absolute Gasteiger partial charge is 0.248 e. The number of primary amides is 1. The lowest BCUT2D eigenvalue weighted by Crippen LogP contribution is -2.30. The molecule has 0 radical (unpaired) electrons. The van der Waals surface area contributed by atoms with Crippen LogP contribution in [0.3, 0.4) is 0 Å². The normalized spacial score (nSPS) is 14.4. The fraction of sp³-hybridized carbons (Fsp3) is 0.227. The molecule has 0 aliphatic carbocycles. The SMILES string of the molecule is NC(=O)c1ccc(N2CCCCC2)c(NC(=O)/C=C/c2nc3ccccc3o2)c1. The number of oxazole rings is 1. The van der Waals surface area contributed by atoms with E-state index < -0.39 is 5.91 Å². The van der Waals surface area contributed by atoms with Crippen molar-refractivity contribution in [3.8, 4) is 0 Å². The van der Waals surface area contributed by atoms with Gasteiger partial charge in [-0.15, -0.1) is 0 Å². The van der Waals surface area contributed by atoms with Crippen LogP contribution in [0.2, 0.25) is 0 Å². The van der Waals surface area contributed by atoms with Gasteiger partial charge in [0, 0.05) is 30.8 Å². The zero-order valence-electron chi connectivity index (χ0n) is 15.9. The molecule has 1 saturated heterocycles. The average molecular weight is 390 g/mol. The van der Waals surface area contributed by atoms with E-state index in [1.54, 1.807) is 12.1 Å². The van der Waals surface area contributed by atoms with E-state index >= 15 is 0 Å². The molecule has 0 saturated carbocycles. The second-order valence-corrected chi connectivity index (χ2v) is 6.99. The molecule has 148 valence electrons. The Bertz CT molecular complexity index is 1050.